The highest BCUT2D eigenvalue weighted by Gasteiger charge is 2.33. The van der Waals surface area contributed by atoms with Gasteiger partial charge >= 0.3 is 0 Å². The number of carbonyl (C=O) groups is 1. The highest BCUT2D eigenvalue weighted by Crippen LogP contribution is 2.31. The predicted molar refractivity (Wildman–Crippen MR) is 113 cm³/mol. The maximum absolute atomic E-state index is 13.0. The van der Waals surface area contributed by atoms with Crippen LogP contribution in [0.4, 0.5) is 0 Å². The molecule has 3 aromatic heterocycles. The van der Waals surface area contributed by atoms with Crippen molar-refractivity contribution in [3.63, 3.8) is 0 Å². The monoisotopic (exact) mass is 409 g/mol. The molecule has 0 bridgehead atoms. The van der Waals surface area contributed by atoms with E-state index in [2.05, 4.69) is 15.4 Å². The Hall–Kier alpha value is -3.04. The van der Waals surface area contributed by atoms with Gasteiger partial charge in [0.25, 0.3) is 0 Å². The maximum Gasteiger partial charge on any atom is 0.240 e. The second-order valence-electron chi connectivity index (χ2n) is 7.76. The number of hydrogen-bond donors (Lipinski definition) is 2. The second kappa shape index (κ2) is 8.37. The van der Waals surface area contributed by atoms with E-state index in [1.807, 2.05) is 43.1 Å². The molecule has 0 spiro atoms. The van der Waals surface area contributed by atoms with Gasteiger partial charge in [-0.05, 0) is 24.1 Å². The van der Waals surface area contributed by atoms with Gasteiger partial charge in [0.05, 0.1) is 36.6 Å². The van der Waals surface area contributed by atoms with Crippen LogP contribution < -0.4 is 15.8 Å². The van der Waals surface area contributed by atoms with E-state index in [9.17, 15) is 4.79 Å². The van der Waals surface area contributed by atoms with Gasteiger partial charge in [0.1, 0.15) is 0 Å². The van der Waals surface area contributed by atoms with Gasteiger partial charge in [0.2, 0.25) is 11.8 Å². The van der Waals surface area contributed by atoms with E-state index in [1.165, 1.54) is 0 Å². The summed E-state index contributed by atoms with van der Waals surface area (Å²) in [6.07, 6.45) is 5.30. The Balaban J connectivity index is 1.74. The zero-order chi connectivity index (χ0) is 21.3. The topological polar surface area (TPSA) is 111 Å². The molecule has 1 fully saturated rings. The quantitative estimate of drug-likeness (QED) is 0.652. The van der Waals surface area contributed by atoms with Crippen LogP contribution in [0.15, 0.2) is 36.8 Å². The smallest absolute Gasteiger partial charge is 0.240 e. The lowest BCUT2D eigenvalue weighted by Gasteiger charge is -2.38. The van der Waals surface area contributed by atoms with Crippen molar-refractivity contribution in [1.82, 2.24) is 29.8 Å². The Morgan fingerprint density at radius 3 is 2.93 bits per heavy atom. The summed E-state index contributed by atoms with van der Waals surface area (Å²) in [5.41, 5.74) is 9.29. The summed E-state index contributed by atoms with van der Waals surface area (Å²) in [5, 5.41) is 7.78. The van der Waals surface area contributed by atoms with Crippen LogP contribution in [0.5, 0.6) is 5.88 Å². The van der Waals surface area contributed by atoms with E-state index < -0.39 is 6.04 Å². The average molecular weight is 409 g/mol. The second-order valence-corrected chi connectivity index (χ2v) is 7.76. The van der Waals surface area contributed by atoms with Crippen LogP contribution in [0.3, 0.4) is 0 Å². The third-order valence-electron chi connectivity index (χ3n) is 5.52. The molecule has 1 saturated heterocycles. The summed E-state index contributed by atoms with van der Waals surface area (Å²) in [4.78, 5) is 24.0. The van der Waals surface area contributed by atoms with Gasteiger partial charge in [-0.2, -0.15) is 5.10 Å². The molecule has 0 saturated carbocycles. The maximum atomic E-state index is 13.0. The minimum atomic E-state index is -0.528. The molecule has 1 amide bonds. The number of piperazine rings is 1. The first-order valence-electron chi connectivity index (χ1n) is 10.1. The van der Waals surface area contributed by atoms with E-state index in [0.717, 1.165) is 23.4 Å². The molecule has 1 unspecified atom stereocenters. The van der Waals surface area contributed by atoms with Crippen molar-refractivity contribution >= 4 is 11.6 Å². The molecule has 30 heavy (non-hydrogen) atoms. The lowest BCUT2D eigenvalue weighted by atomic mass is 10.0. The van der Waals surface area contributed by atoms with E-state index >= 15 is 0 Å². The van der Waals surface area contributed by atoms with Crippen LogP contribution in [-0.2, 0) is 4.79 Å². The molecule has 158 valence electrons. The van der Waals surface area contributed by atoms with Crippen LogP contribution in [-0.4, -0.2) is 63.2 Å². The number of carbonyl (C=O) groups excluding carboxylic acids is 1. The molecule has 9 heteroatoms. The van der Waals surface area contributed by atoms with Gasteiger partial charge in [-0.15, -0.1) is 0 Å². The first-order valence-corrected chi connectivity index (χ1v) is 10.1. The molecule has 0 radical (unpaired) electrons. The minimum Gasteiger partial charge on any atom is -0.481 e. The summed E-state index contributed by atoms with van der Waals surface area (Å²) in [7, 11) is 1.59. The van der Waals surface area contributed by atoms with E-state index in [4.69, 9.17) is 15.5 Å². The Morgan fingerprint density at radius 2 is 2.17 bits per heavy atom. The Kier molecular flexibility index (Phi) is 5.65. The summed E-state index contributed by atoms with van der Waals surface area (Å²) >= 11 is 0. The number of nitrogens with one attached hydrogen (secondary N) is 1. The summed E-state index contributed by atoms with van der Waals surface area (Å²) in [5.74, 6) is 0.544. The van der Waals surface area contributed by atoms with Gasteiger partial charge in [-0.25, -0.2) is 14.5 Å². The molecule has 3 aromatic rings. The molecule has 1 aliphatic heterocycles. The van der Waals surface area contributed by atoms with E-state index in [0.29, 0.717) is 24.6 Å². The minimum absolute atomic E-state index is 0.0409. The molecule has 0 aromatic carbocycles. The normalized spacial score (nSPS) is 18.0. The Bertz CT molecular complexity index is 1050. The van der Waals surface area contributed by atoms with Crippen molar-refractivity contribution in [2.75, 3.05) is 26.7 Å². The average Bonchev–Trinajstić information content (AvgIpc) is 3.21. The fraction of sp³-hybridized carbons (Fsp3) is 0.429. The number of nitrogens with two attached hydrogens (primary N) is 1. The molecule has 3 N–H and O–H groups in total. The number of methoxy groups -OCH3 is 1. The number of fused-ring (bicyclic) bond motifs is 1. The van der Waals surface area contributed by atoms with Crippen molar-refractivity contribution in [3.8, 4) is 17.0 Å². The first-order chi connectivity index (χ1) is 14.5. The molecule has 1 aliphatic rings. The van der Waals surface area contributed by atoms with E-state index in [-0.39, 0.29) is 17.9 Å². The van der Waals surface area contributed by atoms with E-state index in [1.54, 1.807) is 24.0 Å². The molecular formula is C21H27N7O2. The van der Waals surface area contributed by atoms with Crippen LogP contribution in [0.25, 0.3) is 16.8 Å². The van der Waals surface area contributed by atoms with Crippen molar-refractivity contribution in [2.24, 2.45) is 11.7 Å². The van der Waals surface area contributed by atoms with Gasteiger partial charge < -0.3 is 20.7 Å². The first kappa shape index (κ1) is 20.2. The number of rotatable bonds is 5. The molecule has 9 nitrogen and oxygen atoms in total. The van der Waals surface area contributed by atoms with Gasteiger partial charge in [-0.3, -0.25) is 4.79 Å². The Morgan fingerprint density at radius 1 is 1.33 bits per heavy atom. The number of amides is 1. The zero-order valence-electron chi connectivity index (χ0n) is 17.4. The molecule has 4 rings (SSSR count). The third-order valence-corrected chi connectivity index (χ3v) is 5.52. The lowest BCUT2D eigenvalue weighted by Crippen LogP contribution is -2.54. The molecular weight excluding hydrogens is 382 g/mol. The number of nitrogens with zero attached hydrogens (tertiary/aromatic N) is 5. The third kappa shape index (κ3) is 3.61. The van der Waals surface area contributed by atoms with Gasteiger partial charge in [-0.1, -0.05) is 13.8 Å². The van der Waals surface area contributed by atoms with Crippen LogP contribution in [0, 0.1) is 5.92 Å². The lowest BCUT2D eigenvalue weighted by molar-refractivity contribution is -0.137. The van der Waals surface area contributed by atoms with Gasteiger partial charge in [0, 0.05) is 37.6 Å². The summed E-state index contributed by atoms with van der Waals surface area (Å²) in [6.45, 7) is 5.88. The number of pyridine rings is 1. The number of ether oxygens (including phenoxy) is 1. The SMILES string of the molecule is COc1ncccc1-c1cnn2ccc(C3CNCCN3C(=O)[C@@H](N)C(C)C)nc12. The largest absolute Gasteiger partial charge is 0.481 e. The number of aromatic nitrogens is 4. The standard InChI is InChI=1S/C21H27N7O2/c1-13(2)18(22)21(29)27-10-8-23-12-17(27)16-6-9-28-19(26-16)15(11-25-28)14-5-4-7-24-20(14)30-3/h4-7,9,11,13,17-18,23H,8,10,12,22H2,1-3H3/t17?,18-/m0/s1. The zero-order valence-corrected chi connectivity index (χ0v) is 17.4. The van der Waals surface area contributed by atoms with Crippen molar-refractivity contribution in [1.29, 1.82) is 0 Å². The number of hydrogen-bond acceptors (Lipinski definition) is 7. The van der Waals surface area contributed by atoms with Crippen LogP contribution in [0.2, 0.25) is 0 Å². The van der Waals surface area contributed by atoms with Crippen molar-refractivity contribution in [2.45, 2.75) is 25.9 Å². The highest BCUT2D eigenvalue weighted by atomic mass is 16.5. The Labute approximate surface area is 175 Å². The summed E-state index contributed by atoms with van der Waals surface area (Å²) in [6, 6.07) is 4.96. The predicted octanol–water partition coefficient (Wildman–Crippen LogP) is 1.26. The fourth-order valence-corrected chi connectivity index (χ4v) is 3.73. The van der Waals surface area contributed by atoms with Crippen LogP contribution >= 0.6 is 0 Å². The highest BCUT2D eigenvalue weighted by molar-refractivity contribution is 5.83. The summed E-state index contributed by atoms with van der Waals surface area (Å²) < 4.78 is 7.12. The van der Waals surface area contributed by atoms with Crippen molar-refractivity contribution in [3.05, 3.63) is 42.5 Å². The van der Waals surface area contributed by atoms with Crippen molar-refractivity contribution < 1.29 is 9.53 Å². The molecule has 2 atom stereocenters. The molecule has 4 heterocycles. The van der Waals surface area contributed by atoms with Gasteiger partial charge in [0.15, 0.2) is 5.65 Å². The van der Waals surface area contributed by atoms with Crippen LogP contribution in [0.1, 0.15) is 25.6 Å². The molecule has 0 aliphatic carbocycles. The fourth-order valence-electron chi connectivity index (χ4n) is 3.73.